The monoisotopic (exact) mass is 479 g/mol. The summed E-state index contributed by atoms with van der Waals surface area (Å²) in [6.07, 6.45) is 8.67. The van der Waals surface area contributed by atoms with Gasteiger partial charge >= 0.3 is 5.97 Å². The van der Waals surface area contributed by atoms with Crippen molar-refractivity contribution >= 4 is 5.97 Å². The normalized spacial score (nSPS) is 17.5. The first-order valence-corrected chi connectivity index (χ1v) is 12.9. The van der Waals surface area contributed by atoms with Crippen LogP contribution in [0.3, 0.4) is 0 Å². The van der Waals surface area contributed by atoms with E-state index in [1.54, 1.807) is 36.4 Å². The van der Waals surface area contributed by atoms with Crippen LogP contribution in [0.2, 0.25) is 0 Å². The number of nitrogens with zero attached hydrogens (tertiary/aromatic N) is 1. The molecule has 0 amide bonds. The molecule has 3 rings (SSSR count). The molecule has 1 saturated heterocycles. The van der Waals surface area contributed by atoms with Crippen molar-refractivity contribution in [2.75, 3.05) is 19.8 Å². The Morgan fingerprint density at radius 3 is 2.31 bits per heavy atom. The summed E-state index contributed by atoms with van der Waals surface area (Å²) in [4.78, 5) is 12.7. The van der Waals surface area contributed by atoms with Gasteiger partial charge in [0.05, 0.1) is 37.0 Å². The zero-order valence-electron chi connectivity index (χ0n) is 21.0. The summed E-state index contributed by atoms with van der Waals surface area (Å²) in [6.45, 7) is 6.27. The Kier molecular flexibility index (Phi) is 11.1. The molecule has 0 aliphatic carbocycles. The second-order valence-electron chi connectivity index (χ2n) is 9.04. The highest BCUT2D eigenvalue weighted by Gasteiger charge is 2.26. The third-order valence-electron chi connectivity index (χ3n) is 6.15. The van der Waals surface area contributed by atoms with E-state index in [-0.39, 0.29) is 0 Å². The maximum atomic E-state index is 12.7. The minimum Gasteiger partial charge on any atom is -0.494 e. The summed E-state index contributed by atoms with van der Waals surface area (Å²) in [5.41, 5.74) is 1.28. The summed E-state index contributed by atoms with van der Waals surface area (Å²) in [5.74, 6) is 1.03. The van der Waals surface area contributed by atoms with Crippen molar-refractivity contribution in [1.29, 1.82) is 5.26 Å². The van der Waals surface area contributed by atoms with Crippen LogP contribution in [0.5, 0.6) is 11.5 Å². The number of unbranched alkanes of at least 4 members (excludes halogenated alkanes) is 5. The van der Waals surface area contributed by atoms with E-state index in [1.165, 1.54) is 38.2 Å². The predicted octanol–water partition coefficient (Wildman–Crippen LogP) is 6.98. The van der Waals surface area contributed by atoms with Gasteiger partial charge in [0.25, 0.3) is 0 Å². The zero-order valence-corrected chi connectivity index (χ0v) is 21.0. The van der Waals surface area contributed by atoms with Crippen LogP contribution in [0.15, 0.2) is 42.5 Å². The lowest BCUT2D eigenvalue weighted by Crippen LogP contribution is -2.27. The van der Waals surface area contributed by atoms with Crippen molar-refractivity contribution in [2.24, 2.45) is 5.92 Å². The van der Waals surface area contributed by atoms with E-state index >= 15 is 0 Å². The lowest BCUT2D eigenvalue weighted by atomic mass is 10.0. The molecule has 1 aliphatic rings. The molecule has 1 heterocycles. The van der Waals surface area contributed by atoms with Gasteiger partial charge in [-0.1, -0.05) is 58.4 Å². The van der Waals surface area contributed by atoms with E-state index in [0.717, 1.165) is 25.0 Å². The molecule has 1 aliphatic heterocycles. The molecule has 0 bridgehead atoms. The van der Waals surface area contributed by atoms with Crippen LogP contribution < -0.4 is 9.47 Å². The molecule has 6 nitrogen and oxygen atoms in total. The van der Waals surface area contributed by atoms with Crippen LogP contribution in [-0.2, 0) is 9.47 Å². The van der Waals surface area contributed by atoms with Gasteiger partial charge in [0.1, 0.15) is 11.5 Å². The van der Waals surface area contributed by atoms with Crippen LogP contribution in [0, 0.1) is 17.2 Å². The summed E-state index contributed by atoms with van der Waals surface area (Å²) in [6, 6.07) is 14.1. The topological polar surface area (TPSA) is 77.8 Å². The van der Waals surface area contributed by atoms with Crippen LogP contribution in [0.1, 0.15) is 93.0 Å². The van der Waals surface area contributed by atoms with Crippen LogP contribution in [0.4, 0.5) is 0 Å². The lowest BCUT2D eigenvalue weighted by molar-refractivity contribution is -0.206. The quantitative estimate of drug-likeness (QED) is 0.175. The summed E-state index contributed by atoms with van der Waals surface area (Å²) >= 11 is 0. The van der Waals surface area contributed by atoms with E-state index in [2.05, 4.69) is 19.9 Å². The van der Waals surface area contributed by atoms with Crippen molar-refractivity contribution in [3.8, 4) is 17.6 Å². The number of rotatable bonds is 13. The highest BCUT2D eigenvalue weighted by molar-refractivity contribution is 5.91. The van der Waals surface area contributed by atoms with E-state index in [1.807, 2.05) is 0 Å². The molecule has 0 unspecified atom stereocenters. The summed E-state index contributed by atoms with van der Waals surface area (Å²) < 4.78 is 23.0. The molecular weight excluding hydrogens is 442 g/mol. The summed E-state index contributed by atoms with van der Waals surface area (Å²) in [7, 11) is 0. The molecular formula is C29H37NO5. The molecule has 1 fully saturated rings. The number of ether oxygens (including phenoxy) is 4. The van der Waals surface area contributed by atoms with E-state index in [0.29, 0.717) is 48.2 Å². The average molecular weight is 480 g/mol. The first-order valence-electron chi connectivity index (χ1n) is 12.9. The maximum Gasteiger partial charge on any atom is 0.343 e. The Morgan fingerprint density at radius 1 is 0.943 bits per heavy atom. The number of hydrogen-bond donors (Lipinski definition) is 0. The van der Waals surface area contributed by atoms with Crippen LogP contribution in [0.25, 0.3) is 0 Å². The molecule has 0 atom stereocenters. The van der Waals surface area contributed by atoms with Gasteiger partial charge in [-0.15, -0.1) is 0 Å². The molecule has 0 aromatic heterocycles. The van der Waals surface area contributed by atoms with Gasteiger partial charge in [0, 0.05) is 11.5 Å². The molecule has 35 heavy (non-hydrogen) atoms. The summed E-state index contributed by atoms with van der Waals surface area (Å²) in [5, 5.41) is 9.66. The molecule has 188 valence electrons. The number of carbonyl (C=O) groups is 1. The minimum absolute atomic E-state index is 0.301. The molecule has 0 saturated carbocycles. The number of esters is 1. The van der Waals surface area contributed by atoms with E-state index in [4.69, 9.17) is 18.9 Å². The number of nitriles is 1. The van der Waals surface area contributed by atoms with E-state index in [9.17, 15) is 10.1 Å². The predicted molar refractivity (Wildman–Crippen MR) is 134 cm³/mol. The standard InChI is InChI=1S/C29H37NO5/c1-3-5-7-9-17-32-25-12-14-26(15-13-25)35-28(31)23-11-16-27(24(18-23)19-30)29-33-20-22(21-34-29)10-8-6-4-2/h11-16,18,22,29H,3-10,17,20-21H2,1-2H3. The number of carbonyl (C=O) groups excluding carboxylic acids is 1. The van der Waals surface area contributed by atoms with E-state index < -0.39 is 12.3 Å². The molecule has 0 radical (unpaired) electrons. The van der Waals surface area contributed by atoms with Crippen molar-refractivity contribution in [2.45, 2.75) is 71.5 Å². The smallest absolute Gasteiger partial charge is 0.343 e. The minimum atomic E-state index is -0.591. The Morgan fingerprint density at radius 2 is 1.63 bits per heavy atom. The SMILES string of the molecule is CCCCCCOc1ccc(OC(=O)c2ccc(C3OCC(CCCCC)CO3)c(C#N)c2)cc1. The maximum absolute atomic E-state index is 12.7. The Balaban J connectivity index is 1.53. The first kappa shape index (κ1) is 26.7. The largest absolute Gasteiger partial charge is 0.494 e. The highest BCUT2D eigenvalue weighted by atomic mass is 16.7. The van der Waals surface area contributed by atoms with Crippen LogP contribution >= 0.6 is 0 Å². The van der Waals surface area contributed by atoms with Crippen molar-refractivity contribution in [3.63, 3.8) is 0 Å². The van der Waals surface area contributed by atoms with Gasteiger partial charge < -0.3 is 18.9 Å². The van der Waals surface area contributed by atoms with Gasteiger partial charge in [-0.3, -0.25) is 0 Å². The van der Waals surface area contributed by atoms with Gasteiger partial charge in [0.2, 0.25) is 0 Å². The second kappa shape index (κ2) is 14.5. The molecule has 6 heteroatoms. The molecule has 0 N–H and O–H groups in total. The Hall–Kier alpha value is -2.88. The Labute approximate surface area is 209 Å². The fourth-order valence-corrected chi connectivity index (χ4v) is 4.05. The second-order valence-corrected chi connectivity index (χ2v) is 9.04. The molecule has 2 aromatic rings. The molecule has 0 spiro atoms. The number of hydrogen-bond acceptors (Lipinski definition) is 6. The van der Waals surface area contributed by atoms with Gasteiger partial charge in [-0.05, 0) is 49.2 Å². The van der Waals surface area contributed by atoms with Gasteiger partial charge in [-0.25, -0.2) is 4.79 Å². The highest BCUT2D eigenvalue weighted by Crippen LogP contribution is 2.30. The fourth-order valence-electron chi connectivity index (χ4n) is 4.05. The first-order chi connectivity index (χ1) is 17.1. The number of benzene rings is 2. The molecule has 2 aromatic carbocycles. The fraction of sp³-hybridized carbons (Fsp3) is 0.517. The third kappa shape index (κ3) is 8.38. The van der Waals surface area contributed by atoms with Gasteiger partial charge in [-0.2, -0.15) is 5.26 Å². The van der Waals surface area contributed by atoms with Crippen molar-refractivity contribution in [3.05, 3.63) is 59.2 Å². The lowest BCUT2D eigenvalue weighted by Gasteiger charge is -2.30. The third-order valence-corrected chi connectivity index (χ3v) is 6.15. The van der Waals surface area contributed by atoms with Crippen molar-refractivity contribution in [1.82, 2.24) is 0 Å². The van der Waals surface area contributed by atoms with Crippen LogP contribution in [-0.4, -0.2) is 25.8 Å². The van der Waals surface area contributed by atoms with Gasteiger partial charge in [0.15, 0.2) is 6.29 Å². The zero-order chi connectivity index (χ0) is 24.9. The Bertz CT molecular complexity index is 958. The average Bonchev–Trinajstić information content (AvgIpc) is 2.89. The van der Waals surface area contributed by atoms with Crippen molar-refractivity contribution < 1.29 is 23.7 Å².